The van der Waals surface area contributed by atoms with Gasteiger partial charge in [0.15, 0.2) is 10.9 Å². The minimum absolute atomic E-state index is 0.0212. The summed E-state index contributed by atoms with van der Waals surface area (Å²) in [7, 11) is 0. The minimum atomic E-state index is -0.422. The van der Waals surface area contributed by atoms with Crippen LogP contribution in [0.2, 0.25) is 0 Å². The van der Waals surface area contributed by atoms with E-state index in [2.05, 4.69) is 15.3 Å². The highest BCUT2D eigenvalue weighted by Gasteiger charge is 2.20. The number of nitrogens with one attached hydrogen (secondary N) is 2. The van der Waals surface area contributed by atoms with E-state index >= 15 is 0 Å². The Morgan fingerprint density at radius 2 is 2.05 bits per heavy atom. The number of H-pyrrole nitrogens is 1. The molecule has 0 fully saturated rings. The summed E-state index contributed by atoms with van der Waals surface area (Å²) in [5.74, 6) is 0.139. The number of Topliss-reactive ketones (excluding diaryl/α,β-unsaturated/α-hetero) is 1. The van der Waals surface area contributed by atoms with Gasteiger partial charge < -0.3 is 10.3 Å². The van der Waals surface area contributed by atoms with Crippen molar-refractivity contribution in [1.29, 1.82) is 0 Å². The molecule has 1 aromatic carbocycles. The zero-order chi connectivity index (χ0) is 15.4. The Bertz CT molecular complexity index is 618. The fourth-order valence-electron chi connectivity index (χ4n) is 2.08. The first kappa shape index (κ1) is 15.6. The molecule has 0 aliphatic carbocycles. The van der Waals surface area contributed by atoms with Crippen molar-refractivity contribution in [3.05, 3.63) is 24.3 Å². The van der Waals surface area contributed by atoms with Crippen molar-refractivity contribution in [2.24, 2.45) is 5.92 Å². The van der Waals surface area contributed by atoms with Crippen LogP contribution >= 0.6 is 11.8 Å². The molecule has 0 bridgehead atoms. The molecule has 0 saturated carbocycles. The van der Waals surface area contributed by atoms with E-state index < -0.39 is 6.04 Å². The zero-order valence-electron chi connectivity index (χ0n) is 12.3. The number of para-hydroxylation sites is 2. The van der Waals surface area contributed by atoms with Crippen molar-refractivity contribution >= 4 is 34.5 Å². The van der Waals surface area contributed by atoms with E-state index in [0.29, 0.717) is 5.16 Å². The molecule has 1 atom stereocenters. The Balaban J connectivity index is 1.93. The summed E-state index contributed by atoms with van der Waals surface area (Å²) in [5.41, 5.74) is 1.83. The first-order valence-corrected chi connectivity index (χ1v) is 7.83. The molecular weight excluding hydrogens is 286 g/mol. The molecule has 2 aromatic rings. The van der Waals surface area contributed by atoms with Crippen molar-refractivity contribution < 1.29 is 9.59 Å². The number of rotatable bonds is 6. The van der Waals surface area contributed by atoms with Crippen LogP contribution in [0, 0.1) is 5.92 Å². The quantitative estimate of drug-likeness (QED) is 0.804. The van der Waals surface area contributed by atoms with Crippen LogP contribution in [0.1, 0.15) is 20.8 Å². The molecule has 6 heteroatoms. The maximum absolute atomic E-state index is 11.9. The van der Waals surface area contributed by atoms with Crippen molar-refractivity contribution in [3.8, 4) is 0 Å². The molecule has 0 radical (unpaired) electrons. The first-order chi connectivity index (χ1) is 9.97. The standard InChI is InChI=1S/C15H19N3O2S/c1-9(2)14(10(3)19)18-13(20)8-21-15-16-11-6-4-5-7-12(11)17-15/h4-7,9,14H,8H2,1-3H3,(H,16,17)(H,18,20). The Morgan fingerprint density at radius 1 is 1.33 bits per heavy atom. The maximum Gasteiger partial charge on any atom is 0.231 e. The van der Waals surface area contributed by atoms with Crippen molar-refractivity contribution in [2.75, 3.05) is 5.75 Å². The molecule has 0 aliphatic heterocycles. The third kappa shape index (κ3) is 4.07. The number of thioether (sulfide) groups is 1. The van der Waals surface area contributed by atoms with E-state index in [1.807, 2.05) is 38.1 Å². The molecule has 0 saturated heterocycles. The summed E-state index contributed by atoms with van der Waals surface area (Å²) in [5, 5.41) is 3.47. The van der Waals surface area contributed by atoms with Gasteiger partial charge in [-0.25, -0.2) is 4.98 Å². The second-order valence-corrected chi connectivity index (χ2v) is 6.21. The van der Waals surface area contributed by atoms with Crippen LogP contribution in [0.25, 0.3) is 11.0 Å². The zero-order valence-corrected chi connectivity index (χ0v) is 13.2. The lowest BCUT2D eigenvalue weighted by molar-refractivity contribution is -0.126. The molecule has 21 heavy (non-hydrogen) atoms. The number of benzene rings is 1. The SMILES string of the molecule is CC(=O)C(NC(=O)CSc1nc2ccccc2[nH]1)C(C)C. The number of aromatic amines is 1. The Morgan fingerprint density at radius 3 is 2.67 bits per heavy atom. The Kier molecular flexibility index (Phi) is 5.01. The van der Waals surface area contributed by atoms with Crippen LogP contribution in [0.4, 0.5) is 0 Å². The number of carbonyl (C=O) groups excluding carboxylic acids is 2. The Hall–Kier alpha value is -1.82. The summed E-state index contributed by atoms with van der Waals surface area (Å²) in [6.07, 6.45) is 0. The van der Waals surface area contributed by atoms with E-state index in [9.17, 15) is 9.59 Å². The summed E-state index contributed by atoms with van der Waals surface area (Å²) in [6.45, 7) is 5.33. The van der Waals surface area contributed by atoms with Crippen LogP contribution in [-0.2, 0) is 9.59 Å². The van der Waals surface area contributed by atoms with Crippen LogP contribution in [-0.4, -0.2) is 33.5 Å². The molecule has 5 nitrogen and oxygen atoms in total. The lowest BCUT2D eigenvalue weighted by Crippen LogP contribution is -2.44. The number of carbonyl (C=O) groups is 2. The predicted octanol–water partition coefficient (Wildman–Crippen LogP) is 2.38. The van der Waals surface area contributed by atoms with Gasteiger partial charge >= 0.3 is 0 Å². The summed E-state index contributed by atoms with van der Waals surface area (Å²) in [4.78, 5) is 30.9. The number of imidazole rings is 1. The van der Waals surface area contributed by atoms with Gasteiger partial charge in [0.05, 0.1) is 22.8 Å². The van der Waals surface area contributed by atoms with Crippen molar-refractivity contribution in [1.82, 2.24) is 15.3 Å². The third-order valence-electron chi connectivity index (χ3n) is 3.13. The van der Waals surface area contributed by atoms with Gasteiger partial charge in [0.25, 0.3) is 0 Å². The lowest BCUT2D eigenvalue weighted by atomic mass is 10.0. The summed E-state index contributed by atoms with van der Waals surface area (Å²) < 4.78 is 0. The van der Waals surface area contributed by atoms with Crippen molar-refractivity contribution in [3.63, 3.8) is 0 Å². The second-order valence-electron chi connectivity index (χ2n) is 5.25. The highest BCUT2D eigenvalue weighted by atomic mass is 32.2. The lowest BCUT2D eigenvalue weighted by Gasteiger charge is -2.19. The number of hydrogen-bond donors (Lipinski definition) is 2. The van der Waals surface area contributed by atoms with Crippen molar-refractivity contribution in [2.45, 2.75) is 32.0 Å². The van der Waals surface area contributed by atoms with Gasteiger partial charge in [-0.05, 0) is 25.0 Å². The van der Waals surface area contributed by atoms with Gasteiger partial charge in [-0.15, -0.1) is 0 Å². The minimum Gasteiger partial charge on any atom is -0.345 e. The highest BCUT2D eigenvalue weighted by molar-refractivity contribution is 7.99. The second kappa shape index (κ2) is 6.76. The fraction of sp³-hybridized carbons (Fsp3) is 0.400. The van der Waals surface area contributed by atoms with Gasteiger partial charge in [-0.3, -0.25) is 9.59 Å². The van der Waals surface area contributed by atoms with E-state index in [4.69, 9.17) is 0 Å². The molecule has 0 aliphatic rings. The summed E-state index contributed by atoms with van der Waals surface area (Å²) in [6, 6.07) is 7.29. The molecule has 1 heterocycles. The number of fused-ring (bicyclic) bond motifs is 1. The normalized spacial score (nSPS) is 12.6. The van der Waals surface area contributed by atoms with Crippen LogP contribution in [0.5, 0.6) is 0 Å². The smallest absolute Gasteiger partial charge is 0.231 e. The third-order valence-corrected chi connectivity index (χ3v) is 4.00. The maximum atomic E-state index is 11.9. The van der Waals surface area contributed by atoms with E-state index in [0.717, 1.165) is 11.0 Å². The van der Waals surface area contributed by atoms with Gasteiger partial charge in [0, 0.05) is 0 Å². The monoisotopic (exact) mass is 305 g/mol. The van der Waals surface area contributed by atoms with Gasteiger partial charge in [-0.2, -0.15) is 0 Å². The van der Waals surface area contributed by atoms with E-state index in [-0.39, 0.29) is 23.4 Å². The van der Waals surface area contributed by atoms with Gasteiger partial charge in [0.1, 0.15) is 0 Å². The van der Waals surface area contributed by atoms with Gasteiger partial charge in [-0.1, -0.05) is 37.7 Å². The first-order valence-electron chi connectivity index (χ1n) is 6.84. The summed E-state index contributed by atoms with van der Waals surface area (Å²) >= 11 is 1.33. The number of ketones is 1. The number of amides is 1. The Labute approximate surface area is 127 Å². The van der Waals surface area contributed by atoms with E-state index in [1.54, 1.807) is 0 Å². The number of nitrogens with zero attached hydrogens (tertiary/aromatic N) is 1. The molecule has 1 unspecified atom stereocenters. The molecule has 1 amide bonds. The highest BCUT2D eigenvalue weighted by Crippen LogP contribution is 2.18. The van der Waals surface area contributed by atoms with E-state index in [1.165, 1.54) is 18.7 Å². The number of aromatic nitrogens is 2. The molecular formula is C15H19N3O2S. The van der Waals surface area contributed by atoms with Gasteiger partial charge in [0.2, 0.25) is 5.91 Å². The largest absolute Gasteiger partial charge is 0.345 e. The van der Waals surface area contributed by atoms with Crippen LogP contribution in [0.3, 0.4) is 0 Å². The molecule has 2 N–H and O–H groups in total. The molecule has 1 aromatic heterocycles. The predicted molar refractivity (Wildman–Crippen MR) is 84.3 cm³/mol. The topological polar surface area (TPSA) is 74.8 Å². The molecule has 0 spiro atoms. The van der Waals surface area contributed by atoms with Crippen LogP contribution in [0.15, 0.2) is 29.4 Å². The van der Waals surface area contributed by atoms with Crippen LogP contribution < -0.4 is 5.32 Å². The molecule has 2 rings (SSSR count). The number of hydrogen-bond acceptors (Lipinski definition) is 4. The average molecular weight is 305 g/mol. The fourth-order valence-corrected chi connectivity index (χ4v) is 2.78. The average Bonchev–Trinajstić information content (AvgIpc) is 2.84. The molecule has 112 valence electrons.